The van der Waals surface area contributed by atoms with Crippen molar-refractivity contribution in [3.63, 3.8) is 0 Å². The number of nitrogens with zero attached hydrogens (tertiary/aromatic N) is 2. The molecule has 0 aliphatic heterocycles. The summed E-state index contributed by atoms with van der Waals surface area (Å²) in [5.41, 5.74) is 7.17. The average molecular weight is 262 g/mol. The second-order valence-corrected chi connectivity index (χ2v) is 5.78. The second kappa shape index (κ2) is 5.87. The molecule has 2 unspecified atom stereocenters. The van der Waals surface area contributed by atoms with Crippen LogP contribution in [0.5, 0.6) is 0 Å². The summed E-state index contributed by atoms with van der Waals surface area (Å²) in [6.45, 7) is 7.03. The van der Waals surface area contributed by atoms with Gasteiger partial charge in [-0.15, -0.1) is 0 Å². The molecule has 4 nitrogen and oxygen atoms in total. The van der Waals surface area contributed by atoms with Gasteiger partial charge < -0.3 is 11.1 Å². The zero-order chi connectivity index (χ0) is 13.9. The number of nitrogens with two attached hydrogens (primary N) is 1. The van der Waals surface area contributed by atoms with Gasteiger partial charge in [0.2, 0.25) is 0 Å². The minimum absolute atomic E-state index is 0.00402. The van der Waals surface area contributed by atoms with Crippen molar-refractivity contribution >= 4 is 5.82 Å². The van der Waals surface area contributed by atoms with Crippen molar-refractivity contribution in [3.05, 3.63) is 17.6 Å². The van der Waals surface area contributed by atoms with Crippen molar-refractivity contribution in [3.8, 4) is 0 Å². The van der Waals surface area contributed by atoms with Gasteiger partial charge in [0.1, 0.15) is 11.6 Å². The van der Waals surface area contributed by atoms with E-state index in [1.807, 2.05) is 6.92 Å². The molecule has 1 aliphatic carbocycles. The van der Waals surface area contributed by atoms with Gasteiger partial charge in [-0.2, -0.15) is 0 Å². The molecule has 19 heavy (non-hydrogen) atoms. The molecule has 1 aliphatic rings. The zero-order valence-corrected chi connectivity index (χ0v) is 12.4. The lowest BCUT2D eigenvalue weighted by atomic mass is 9.73. The highest BCUT2D eigenvalue weighted by atomic mass is 15.1. The lowest BCUT2D eigenvalue weighted by Crippen LogP contribution is -2.52. The lowest BCUT2D eigenvalue weighted by Gasteiger charge is -2.43. The maximum Gasteiger partial charge on any atom is 0.130 e. The molecular formula is C15H26N4. The molecule has 2 atom stereocenters. The Bertz CT molecular complexity index is 432. The Morgan fingerprint density at radius 1 is 1.42 bits per heavy atom. The van der Waals surface area contributed by atoms with Crippen molar-refractivity contribution < 1.29 is 0 Å². The highest BCUT2D eigenvalue weighted by Crippen LogP contribution is 2.35. The van der Waals surface area contributed by atoms with Crippen LogP contribution in [-0.4, -0.2) is 22.1 Å². The average Bonchev–Trinajstić information content (AvgIpc) is 2.41. The molecule has 0 bridgehead atoms. The molecule has 4 heteroatoms. The fourth-order valence-corrected chi connectivity index (χ4v) is 3.08. The smallest absolute Gasteiger partial charge is 0.130 e. The van der Waals surface area contributed by atoms with E-state index in [-0.39, 0.29) is 5.54 Å². The summed E-state index contributed by atoms with van der Waals surface area (Å²) in [6.07, 6.45) is 5.88. The first-order chi connectivity index (χ1) is 9.09. The van der Waals surface area contributed by atoms with Crippen molar-refractivity contribution in [2.75, 3.05) is 11.9 Å². The molecule has 106 valence electrons. The van der Waals surface area contributed by atoms with Gasteiger partial charge in [-0.05, 0) is 32.1 Å². The Kier molecular flexibility index (Phi) is 4.40. The summed E-state index contributed by atoms with van der Waals surface area (Å²) in [6, 6.07) is 2.06. The minimum Gasteiger partial charge on any atom is -0.363 e. The summed E-state index contributed by atoms with van der Waals surface area (Å²) in [5.74, 6) is 2.35. The molecule has 1 saturated carbocycles. The first-order valence-electron chi connectivity index (χ1n) is 7.42. The van der Waals surface area contributed by atoms with E-state index in [4.69, 9.17) is 5.73 Å². The largest absolute Gasteiger partial charge is 0.363 e. The van der Waals surface area contributed by atoms with Crippen LogP contribution in [0.2, 0.25) is 0 Å². The van der Waals surface area contributed by atoms with Gasteiger partial charge in [0, 0.05) is 18.3 Å². The summed E-state index contributed by atoms with van der Waals surface area (Å²) in [4.78, 5) is 8.96. The van der Waals surface area contributed by atoms with Gasteiger partial charge in [0.25, 0.3) is 0 Å². The first-order valence-corrected chi connectivity index (χ1v) is 7.42. The number of hydrogen-bond donors (Lipinski definition) is 2. The van der Waals surface area contributed by atoms with E-state index in [1.54, 1.807) is 0 Å². The number of rotatable bonds is 4. The Labute approximate surface area is 116 Å². The van der Waals surface area contributed by atoms with Crippen molar-refractivity contribution in [1.29, 1.82) is 0 Å². The molecule has 0 aromatic carbocycles. The molecule has 3 N–H and O–H groups in total. The van der Waals surface area contributed by atoms with Gasteiger partial charge in [-0.25, -0.2) is 9.97 Å². The molecule has 1 aromatic rings. The van der Waals surface area contributed by atoms with Crippen LogP contribution in [-0.2, 0) is 6.42 Å². The predicted octanol–water partition coefficient (Wildman–Crippen LogP) is 2.67. The number of nitrogens with one attached hydrogen (secondary N) is 1. The molecule has 0 amide bonds. The standard InChI is InChI=1S/C15H26N4/c1-4-13-9-14(18-12(3)17-13)19-15(10-16)8-6-5-7-11(15)2/h9,11H,4-8,10,16H2,1-3H3,(H,17,18,19). The van der Waals surface area contributed by atoms with Crippen LogP contribution >= 0.6 is 0 Å². The van der Waals surface area contributed by atoms with Crippen LogP contribution in [0.4, 0.5) is 5.82 Å². The topological polar surface area (TPSA) is 63.8 Å². The van der Waals surface area contributed by atoms with E-state index in [2.05, 4.69) is 35.2 Å². The molecule has 2 rings (SSSR count). The Morgan fingerprint density at radius 2 is 2.21 bits per heavy atom. The highest BCUT2D eigenvalue weighted by Gasteiger charge is 2.37. The van der Waals surface area contributed by atoms with Crippen LogP contribution in [0, 0.1) is 12.8 Å². The number of anilines is 1. The van der Waals surface area contributed by atoms with Crippen molar-refractivity contribution in [1.82, 2.24) is 9.97 Å². The third-order valence-electron chi connectivity index (χ3n) is 4.45. The van der Waals surface area contributed by atoms with E-state index in [9.17, 15) is 0 Å². The van der Waals surface area contributed by atoms with Gasteiger partial charge >= 0.3 is 0 Å². The molecular weight excluding hydrogens is 236 g/mol. The zero-order valence-electron chi connectivity index (χ0n) is 12.4. The molecule has 1 heterocycles. The third-order valence-corrected chi connectivity index (χ3v) is 4.45. The molecule has 0 spiro atoms. The monoisotopic (exact) mass is 262 g/mol. The van der Waals surface area contributed by atoms with Crippen LogP contribution in [0.1, 0.15) is 51.0 Å². The van der Waals surface area contributed by atoms with E-state index >= 15 is 0 Å². The summed E-state index contributed by atoms with van der Waals surface area (Å²) in [7, 11) is 0. The molecule has 0 saturated heterocycles. The Balaban J connectivity index is 2.24. The molecule has 0 radical (unpaired) electrons. The fourth-order valence-electron chi connectivity index (χ4n) is 3.08. The van der Waals surface area contributed by atoms with Crippen LogP contribution < -0.4 is 11.1 Å². The number of aryl methyl sites for hydroxylation is 2. The van der Waals surface area contributed by atoms with E-state index in [0.717, 1.165) is 30.2 Å². The second-order valence-electron chi connectivity index (χ2n) is 5.78. The van der Waals surface area contributed by atoms with Gasteiger partial charge in [-0.3, -0.25) is 0 Å². The van der Waals surface area contributed by atoms with Gasteiger partial charge in [0.15, 0.2) is 0 Å². The van der Waals surface area contributed by atoms with Crippen LogP contribution in [0.3, 0.4) is 0 Å². The fraction of sp³-hybridized carbons (Fsp3) is 0.733. The summed E-state index contributed by atoms with van der Waals surface area (Å²) in [5, 5.41) is 3.63. The Morgan fingerprint density at radius 3 is 2.84 bits per heavy atom. The van der Waals surface area contributed by atoms with E-state index < -0.39 is 0 Å². The maximum absolute atomic E-state index is 6.08. The van der Waals surface area contributed by atoms with Crippen molar-refractivity contribution in [2.24, 2.45) is 11.7 Å². The summed E-state index contributed by atoms with van der Waals surface area (Å²) >= 11 is 0. The lowest BCUT2D eigenvalue weighted by molar-refractivity contribution is 0.235. The summed E-state index contributed by atoms with van der Waals surface area (Å²) < 4.78 is 0. The van der Waals surface area contributed by atoms with Gasteiger partial charge in [0.05, 0.1) is 5.54 Å². The number of aromatic nitrogens is 2. The minimum atomic E-state index is 0.00402. The molecule has 1 aromatic heterocycles. The normalized spacial score (nSPS) is 27.3. The third kappa shape index (κ3) is 3.06. The van der Waals surface area contributed by atoms with E-state index in [1.165, 1.54) is 19.3 Å². The SMILES string of the molecule is CCc1cc(NC2(CN)CCCCC2C)nc(C)n1. The predicted molar refractivity (Wildman–Crippen MR) is 79.2 cm³/mol. The Hall–Kier alpha value is -1.16. The van der Waals surface area contributed by atoms with E-state index in [0.29, 0.717) is 12.5 Å². The quantitative estimate of drug-likeness (QED) is 0.875. The van der Waals surface area contributed by atoms with Crippen molar-refractivity contribution in [2.45, 2.75) is 58.4 Å². The van der Waals surface area contributed by atoms with Crippen LogP contribution in [0.15, 0.2) is 6.07 Å². The van der Waals surface area contributed by atoms with Gasteiger partial charge in [-0.1, -0.05) is 26.7 Å². The van der Waals surface area contributed by atoms with Crippen LogP contribution in [0.25, 0.3) is 0 Å². The number of hydrogen-bond acceptors (Lipinski definition) is 4. The highest BCUT2D eigenvalue weighted by molar-refractivity contribution is 5.40. The maximum atomic E-state index is 6.08. The first kappa shape index (κ1) is 14.3. The molecule has 1 fully saturated rings.